The summed E-state index contributed by atoms with van der Waals surface area (Å²) in [5.41, 5.74) is 1.26. The van der Waals surface area contributed by atoms with Gasteiger partial charge >= 0.3 is 0 Å². The molecular formula is C19H19ClN2O2. The van der Waals surface area contributed by atoms with Crippen molar-refractivity contribution in [2.24, 2.45) is 0 Å². The van der Waals surface area contributed by atoms with E-state index in [-0.39, 0.29) is 17.9 Å². The lowest BCUT2D eigenvalue weighted by atomic mass is 10.0. The zero-order valence-electron chi connectivity index (χ0n) is 13.2. The van der Waals surface area contributed by atoms with Crippen LogP contribution in [0.2, 0.25) is 5.02 Å². The molecule has 0 aliphatic carbocycles. The summed E-state index contributed by atoms with van der Waals surface area (Å²) < 4.78 is 0. The summed E-state index contributed by atoms with van der Waals surface area (Å²) in [7, 11) is 0. The molecule has 1 heterocycles. The average Bonchev–Trinajstić information content (AvgIpc) is 2.63. The summed E-state index contributed by atoms with van der Waals surface area (Å²) in [6, 6.07) is 16.0. The van der Waals surface area contributed by atoms with Crippen LogP contribution in [0.5, 0.6) is 0 Å². The lowest BCUT2D eigenvalue weighted by molar-refractivity contribution is 0.0676. The van der Waals surface area contributed by atoms with Gasteiger partial charge in [0, 0.05) is 35.3 Å². The predicted octanol–water partition coefficient (Wildman–Crippen LogP) is 3.37. The van der Waals surface area contributed by atoms with E-state index in [0.29, 0.717) is 29.2 Å². The molecule has 3 rings (SSSR count). The number of rotatable bonds is 3. The van der Waals surface area contributed by atoms with Gasteiger partial charge in [-0.05, 0) is 49.2 Å². The first kappa shape index (κ1) is 16.5. The van der Waals surface area contributed by atoms with E-state index in [9.17, 15) is 9.59 Å². The minimum atomic E-state index is -0.0959. The van der Waals surface area contributed by atoms with Gasteiger partial charge in [0.05, 0.1) is 0 Å². The molecule has 5 heteroatoms. The van der Waals surface area contributed by atoms with Gasteiger partial charge in [0.1, 0.15) is 0 Å². The number of benzene rings is 2. The molecule has 1 atom stereocenters. The van der Waals surface area contributed by atoms with Gasteiger partial charge in [-0.1, -0.05) is 29.8 Å². The fourth-order valence-electron chi connectivity index (χ4n) is 2.91. The third kappa shape index (κ3) is 3.95. The maximum Gasteiger partial charge on any atom is 0.253 e. The van der Waals surface area contributed by atoms with E-state index >= 15 is 0 Å². The quantitative estimate of drug-likeness (QED) is 0.929. The second kappa shape index (κ2) is 7.49. The molecule has 1 aliphatic heterocycles. The van der Waals surface area contributed by atoms with E-state index in [2.05, 4.69) is 5.32 Å². The number of piperidine rings is 1. The number of carbonyl (C=O) groups excluding carboxylic acids is 2. The van der Waals surface area contributed by atoms with Crippen LogP contribution >= 0.6 is 11.6 Å². The molecule has 0 bridgehead atoms. The van der Waals surface area contributed by atoms with Crippen LogP contribution in [0.1, 0.15) is 33.6 Å². The van der Waals surface area contributed by atoms with Crippen LogP contribution in [-0.4, -0.2) is 35.8 Å². The van der Waals surface area contributed by atoms with Gasteiger partial charge in [0.2, 0.25) is 0 Å². The molecule has 1 fully saturated rings. The van der Waals surface area contributed by atoms with Crippen LogP contribution in [-0.2, 0) is 0 Å². The topological polar surface area (TPSA) is 49.4 Å². The van der Waals surface area contributed by atoms with E-state index < -0.39 is 0 Å². The Balaban J connectivity index is 1.63. The van der Waals surface area contributed by atoms with E-state index in [4.69, 9.17) is 11.6 Å². The Morgan fingerprint density at radius 3 is 2.42 bits per heavy atom. The molecule has 2 aromatic carbocycles. The molecule has 124 valence electrons. The maximum absolute atomic E-state index is 12.6. The minimum Gasteiger partial charge on any atom is -0.348 e. The third-order valence-corrected chi connectivity index (χ3v) is 4.42. The van der Waals surface area contributed by atoms with Crippen LogP contribution in [0.3, 0.4) is 0 Å². The van der Waals surface area contributed by atoms with Gasteiger partial charge < -0.3 is 10.2 Å². The molecule has 4 nitrogen and oxygen atoms in total. The van der Waals surface area contributed by atoms with E-state index in [1.807, 2.05) is 18.2 Å². The van der Waals surface area contributed by atoms with Crippen LogP contribution in [0.15, 0.2) is 54.6 Å². The molecule has 0 saturated carbocycles. The van der Waals surface area contributed by atoms with Crippen molar-refractivity contribution in [1.82, 2.24) is 10.2 Å². The lowest BCUT2D eigenvalue weighted by Gasteiger charge is -2.33. The van der Waals surface area contributed by atoms with E-state index in [0.717, 1.165) is 12.8 Å². The SMILES string of the molecule is O=C(NC1CCCN(C(=O)c2ccc(Cl)cc2)C1)c1ccccc1. The van der Waals surface area contributed by atoms with Gasteiger partial charge in [-0.2, -0.15) is 0 Å². The van der Waals surface area contributed by atoms with Gasteiger partial charge in [-0.25, -0.2) is 0 Å². The number of carbonyl (C=O) groups is 2. The van der Waals surface area contributed by atoms with Crippen molar-refractivity contribution in [3.8, 4) is 0 Å². The Labute approximate surface area is 146 Å². The summed E-state index contributed by atoms with van der Waals surface area (Å²) in [5.74, 6) is -0.119. The highest BCUT2D eigenvalue weighted by Gasteiger charge is 2.25. The number of nitrogens with zero attached hydrogens (tertiary/aromatic N) is 1. The van der Waals surface area contributed by atoms with Crippen molar-refractivity contribution >= 4 is 23.4 Å². The third-order valence-electron chi connectivity index (χ3n) is 4.17. The summed E-state index contributed by atoms with van der Waals surface area (Å²) in [4.78, 5) is 26.6. The fraction of sp³-hybridized carbons (Fsp3) is 0.263. The fourth-order valence-corrected chi connectivity index (χ4v) is 3.04. The van der Waals surface area contributed by atoms with Crippen molar-refractivity contribution in [2.45, 2.75) is 18.9 Å². The molecule has 0 radical (unpaired) electrons. The van der Waals surface area contributed by atoms with Crippen molar-refractivity contribution in [3.05, 3.63) is 70.7 Å². The van der Waals surface area contributed by atoms with Gasteiger partial charge in [0.25, 0.3) is 11.8 Å². The Morgan fingerprint density at radius 1 is 1.00 bits per heavy atom. The van der Waals surface area contributed by atoms with Gasteiger partial charge in [-0.15, -0.1) is 0 Å². The monoisotopic (exact) mass is 342 g/mol. The van der Waals surface area contributed by atoms with Crippen LogP contribution in [0, 0.1) is 0 Å². The number of nitrogens with one attached hydrogen (secondary N) is 1. The molecule has 0 aromatic heterocycles. The highest BCUT2D eigenvalue weighted by molar-refractivity contribution is 6.30. The molecular weight excluding hydrogens is 324 g/mol. The molecule has 1 aliphatic rings. The maximum atomic E-state index is 12.6. The molecule has 2 amide bonds. The summed E-state index contributed by atoms with van der Waals surface area (Å²) >= 11 is 5.87. The normalized spacial score (nSPS) is 17.4. The Hall–Kier alpha value is -2.33. The minimum absolute atomic E-state index is 0.0228. The summed E-state index contributed by atoms with van der Waals surface area (Å²) in [5, 5.41) is 3.64. The number of halogens is 1. The van der Waals surface area contributed by atoms with Crippen LogP contribution in [0.4, 0.5) is 0 Å². The zero-order valence-corrected chi connectivity index (χ0v) is 14.0. The summed E-state index contributed by atoms with van der Waals surface area (Å²) in [6.45, 7) is 1.24. The van der Waals surface area contributed by atoms with Crippen LogP contribution < -0.4 is 5.32 Å². The second-order valence-electron chi connectivity index (χ2n) is 5.94. The zero-order chi connectivity index (χ0) is 16.9. The highest BCUT2D eigenvalue weighted by atomic mass is 35.5. The number of hydrogen-bond acceptors (Lipinski definition) is 2. The number of likely N-dealkylation sites (tertiary alicyclic amines) is 1. The van der Waals surface area contributed by atoms with Crippen molar-refractivity contribution in [2.75, 3.05) is 13.1 Å². The lowest BCUT2D eigenvalue weighted by Crippen LogP contribution is -2.49. The smallest absolute Gasteiger partial charge is 0.253 e. The Bertz CT molecular complexity index is 716. The van der Waals surface area contributed by atoms with Gasteiger partial charge in [0.15, 0.2) is 0 Å². The van der Waals surface area contributed by atoms with E-state index in [1.54, 1.807) is 41.3 Å². The Kier molecular flexibility index (Phi) is 5.16. The molecule has 1 unspecified atom stereocenters. The van der Waals surface area contributed by atoms with Crippen LogP contribution in [0.25, 0.3) is 0 Å². The molecule has 0 spiro atoms. The first-order chi connectivity index (χ1) is 11.6. The summed E-state index contributed by atoms with van der Waals surface area (Å²) in [6.07, 6.45) is 1.75. The van der Waals surface area contributed by atoms with Crippen molar-refractivity contribution < 1.29 is 9.59 Å². The number of hydrogen-bond donors (Lipinski definition) is 1. The molecule has 1 saturated heterocycles. The molecule has 24 heavy (non-hydrogen) atoms. The first-order valence-electron chi connectivity index (χ1n) is 8.04. The first-order valence-corrected chi connectivity index (χ1v) is 8.42. The average molecular weight is 343 g/mol. The number of amides is 2. The van der Waals surface area contributed by atoms with Gasteiger partial charge in [-0.3, -0.25) is 9.59 Å². The molecule has 1 N–H and O–H groups in total. The Morgan fingerprint density at radius 2 is 1.71 bits per heavy atom. The highest BCUT2D eigenvalue weighted by Crippen LogP contribution is 2.16. The predicted molar refractivity (Wildman–Crippen MR) is 94.3 cm³/mol. The van der Waals surface area contributed by atoms with E-state index in [1.165, 1.54) is 0 Å². The van der Waals surface area contributed by atoms with Crippen molar-refractivity contribution in [3.63, 3.8) is 0 Å². The standard InChI is InChI=1S/C19H19ClN2O2/c20-16-10-8-15(9-11-16)19(24)22-12-4-7-17(13-22)21-18(23)14-5-2-1-3-6-14/h1-3,5-6,8-11,17H,4,7,12-13H2,(H,21,23). The van der Waals surface area contributed by atoms with Crippen molar-refractivity contribution in [1.29, 1.82) is 0 Å². The molecule has 2 aromatic rings. The second-order valence-corrected chi connectivity index (χ2v) is 6.37. The largest absolute Gasteiger partial charge is 0.348 e.